The van der Waals surface area contributed by atoms with E-state index in [1.807, 2.05) is 18.3 Å². The van der Waals surface area contributed by atoms with Gasteiger partial charge < -0.3 is 14.6 Å². The first-order valence-corrected chi connectivity index (χ1v) is 7.90. The normalized spacial score (nSPS) is 16.9. The minimum atomic E-state index is 0.360. The lowest BCUT2D eigenvalue weighted by molar-refractivity contribution is 0.0339. The molecule has 0 amide bonds. The van der Waals surface area contributed by atoms with Crippen molar-refractivity contribution in [2.24, 2.45) is 0 Å². The van der Waals surface area contributed by atoms with Crippen LogP contribution in [-0.2, 0) is 11.2 Å². The first kappa shape index (κ1) is 14.5. The second kappa shape index (κ2) is 6.54. The summed E-state index contributed by atoms with van der Waals surface area (Å²) >= 11 is 0. The van der Waals surface area contributed by atoms with Crippen molar-refractivity contribution in [1.29, 1.82) is 0 Å². The molecule has 114 valence electrons. The summed E-state index contributed by atoms with van der Waals surface area (Å²) in [6, 6.07) is 4.33. The molecule has 0 aromatic carbocycles. The van der Waals surface area contributed by atoms with Gasteiger partial charge in [0.2, 0.25) is 0 Å². The van der Waals surface area contributed by atoms with Crippen molar-refractivity contribution < 1.29 is 4.74 Å². The van der Waals surface area contributed by atoms with Crippen LogP contribution < -0.4 is 5.32 Å². The van der Waals surface area contributed by atoms with Crippen LogP contribution in [0.5, 0.6) is 0 Å². The van der Waals surface area contributed by atoms with Crippen molar-refractivity contribution in [3.8, 4) is 0 Å². The van der Waals surface area contributed by atoms with E-state index in [-0.39, 0.29) is 0 Å². The van der Waals surface area contributed by atoms with Crippen LogP contribution in [0, 0.1) is 0 Å². The number of ether oxygens (including phenoxy) is 1. The highest BCUT2D eigenvalue weighted by Crippen LogP contribution is 2.19. The number of rotatable bonds is 5. The summed E-state index contributed by atoms with van der Waals surface area (Å²) in [7, 11) is 0. The van der Waals surface area contributed by atoms with Crippen LogP contribution in [0.25, 0.3) is 11.2 Å². The number of hydrogen-bond donors (Lipinski definition) is 1. The zero-order valence-corrected chi connectivity index (χ0v) is 12.9. The molecule has 21 heavy (non-hydrogen) atoms. The zero-order valence-electron chi connectivity index (χ0n) is 12.9. The van der Waals surface area contributed by atoms with Crippen LogP contribution in [0.15, 0.2) is 18.3 Å². The third kappa shape index (κ3) is 3.24. The summed E-state index contributed by atoms with van der Waals surface area (Å²) in [6.07, 6.45) is 5.31. The number of pyridine rings is 1. The van der Waals surface area contributed by atoms with Crippen LogP contribution in [0.2, 0.25) is 0 Å². The first-order chi connectivity index (χ1) is 10.3. The van der Waals surface area contributed by atoms with Gasteiger partial charge >= 0.3 is 0 Å². The molecule has 1 N–H and O–H groups in total. The van der Waals surface area contributed by atoms with E-state index in [2.05, 4.69) is 28.7 Å². The third-order valence-electron chi connectivity index (χ3n) is 4.00. The molecule has 0 saturated carbocycles. The van der Waals surface area contributed by atoms with Crippen molar-refractivity contribution >= 4 is 11.2 Å². The standard InChI is InChI=1S/C16H24N4O/c1-12(2)20-15(19-14-4-3-8-18-16(14)20)7-11-21-13-5-9-17-10-6-13/h3-4,8,12-13,17H,5-7,9-11H2,1-2H3. The molecule has 2 aromatic rings. The number of piperidine rings is 1. The minimum Gasteiger partial charge on any atom is -0.378 e. The van der Waals surface area contributed by atoms with E-state index in [4.69, 9.17) is 9.72 Å². The molecule has 0 spiro atoms. The van der Waals surface area contributed by atoms with Crippen LogP contribution in [0.1, 0.15) is 38.6 Å². The van der Waals surface area contributed by atoms with E-state index >= 15 is 0 Å². The van der Waals surface area contributed by atoms with E-state index in [1.165, 1.54) is 0 Å². The van der Waals surface area contributed by atoms with Gasteiger partial charge in [-0.05, 0) is 51.9 Å². The first-order valence-electron chi connectivity index (χ1n) is 7.90. The Kier molecular flexibility index (Phi) is 4.51. The van der Waals surface area contributed by atoms with Gasteiger partial charge in [-0.2, -0.15) is 0 Å². The average molecular weight is 288 g/mol. The molecule has 0 unspecified atom stereocenters. The van der Waals surface area contributed by atoms with Crippen molar-refractivity contribution in [1.82, 2.24) is 19.9 Å². The molecule has 0 aliphatic carbocycles. The average Bonchev–Trinajstić information content (AvgIpc) is 2.86. The molecule has 1 saturated heterocycles. The van der Waals surface area contributed by atoms with E-state index < -0.39 is 0 Å². The Bertz CT molecular complexity index is 587. The molecule has 5 heteroatoms. The van der Waals surface area contributed by atoms with Crippen molar-refractivity contribution in [3.05, 3.63) is 24.2 Å². The Balaban J connectivity index is 1.69. The predicted octanol–water partition coefficient (Wildman–Crippen LogP) is 2.32. The lowest BCUT2D eigenvalue weighted by atomic mass is 10.1. The maximum atomic E-state index is 6.00. The fourth-order valence-electron chi connectivity index (χ4n) is 2.97. The number of nitrogens with zero attached hydrogens (tertiary/aromatic N) is 3. The Hall–Kier alpha value is -1.46. The highest BCUT2D eigenvalue weighted by atomic mass is 16.5. The Labute approximate surface area is 125 Å². The van der Waals surface area contributed by atoms with Gasteiger partial charge in [-0.1, -0.05) is 0 Å². The molecule has 5 nitrogen and oxygen atoms in total. The summed E-state index contributed by atoms with van der Waals surface area (Å²) in [5.41, 5.74) is 1.95. The maximum Gasteiger partial charge on any atom is 0.160 e. The van der Waals surface area contributed by atoms with Crippen LogP contribution in [-0.4, -0.2) is 40.3 Å². The Morgan fingerprint density at radius 1 is 1.38 bits per heavy atom. The lowest BCUT2D eigenvalue weighted by Gasteiger charge is -2.23. The summed E-state index contributed by atoms with van der Waals surface area (Å²) in [5.74, 6) is 1.08. The Morgan fingerprint density at radius 2 is 2.19 bits per heavy atom. The fourth-order valence-corrected chi connectivity index (χ4v) is 2.97. The molecule has 0 atom stereocenters. The SMILES string of the molecule is CC(C)n1c(CCOC2CCNCC2)nc2cccnc21. The topological polar surface area (TPSA) is 52.0 Å². The molecular weight excluding hydrogens is 264 g/mol. The van der Waals surface area contributed by atoms with Gasteiger partial charge in [0.05, 0.1) is 12.7 Å². The van der Waals surface area contributed by atoms with Gasteiger partial charge in [0, 0.05) is 18.7 Å². The second-order valence-corrected chi connectivity index (χ2v) is 5.91. The largest absolute Gasteiger partial charge is 0.378 e. The molecule has 1 fully saturated rings. The molecule has 1 aliphatic rings. The highest BCUT2D eigenvalue weighted by Gasteiger charge is 2.16. The molecule has 3 heterocycles. The zero-order chi connectivity index (χ0) is 14.7. The van der Waals surface area contributed by atoms with Gasteiger partial charge in [0.25, 0.3) is 0 Å². The number of imidazole rings is 1. The van der Waals surface area contributed by atoms with Gasteiger partial charge in [-0.25, -0.2) is 9.97 Å². The summed E-state index contributed by atoms with van der Waals surface area (Å²) in [4.78, 5) is 9.20. The number of aromatic nitrogens is 3. The summed E-state index contributed by atoms with van der Waals surface area (Å²) < 4.78 is 8.23. The fraction of sp³-hybridized carbons (Fsp3) is 0.625. The minimum absolute atomic E-state index is 0.360. The van der Waals surface area contributed by atoms with Gasteiger partial charge in [-0.15, -0.1) is 0 Å². The number of fused-ring (bicyclic) bond motifs is 1. The maximum absolute atomic E-state index is 6.00. The van der Waals surface area contributed by atoms with E-state index in [1.54, 1.807) is 0 Å². The smallest absolute Gasteiger partial charge is 0.160 e. The summed E-state index contributed by atoms with van der Waals surface area (Å²) in [6.45, 7) is 7.22. The molecule has 0 radical (unpaired) electrons. The van der Waals surface area contributed by atoms with Gasteiger partial charge in [0.15, 0.2) is 5.65 Å². The van der Waals surface area contributed by atoms with Gasteiger partial charge in [-0.3, -0.25) is 0 Å². The van der Waals surface area contributed by atoms with Crippen LogP contribution in [0.3, 0.4) is 0 Å². The number of hydrogen-bond acceptors (Lipinski definition) is 4. The predicted molar refractivity (Wildman–Crippen MR) is 83.5 cm³/mol. The van der Waals surface area contributed by atoms with Crippen LogP contribution in [0.4, 0.5) is 0 Å². The van der Waals surface area contributed by atoms with E-state index in [9.17, 15) is 0 Å². The molecular formula is C16H24N4O. The van der Waals surface area contributed by atoms with Crippen molar-refractivity contribution in [2.45, 2.75) is 45.3 Å². The molecule has 3 rings (SSSR count). The van der Waals surface area contributed by atoms with E-state index in [0.717, 1.165) is 55.9 Å². The monoisotopic (exact) mass is 288 g/mol. The quantitative estimate of drug-likeness (QED) is 0.917. The van der Waals surface area contributed by atoms with Gasteiger partial charge in [0.1, 0.15) is 11.3 Å². The highest BCUT2D eigenvalue weighted by molar-refractivity contribution is 5.71. The molecule has 0 bridgehead atoms. The second-order valence-electron chi connectivity index (χ2n) is 5.91. The molecule has 2 aromatic heterocycles. The van der Waals surface area contributed by atoms with Crippen LogP contribution >= 0.6 is 0 Å². The van der Waals surface area contributed by atoms with Crippen molar-refractivity contribution in [2.75, 3.05) is 19.7 Å². The summed E-state index contributed by atoms with van der Waals surface area (Å²) in [5, 5.41) is 3.36. The van der Waals surface area contributed by atoms with E-state index in [0.29, 0.717) is 12.1 Å². The number of nitrogens with one attached hydrogen (secondary N) is 1. The van der Waals surface area contributed by atoms with Crippen molar-refractivity contribution in [3.63, 3.8) is 0 Å². The Morgan fingerprint density at radius 3 is 2.95 bits per heavy atom. The third-order valence-corrected chi connectivity index (χ3v) is 4.00. The lowest BCUT2D eigenvalue weighted by Crippen LogP contribution is -2.32. The molecule has 1 aliphatic heterocycles.